The average molecular weight is 362 g/mol. The third-order valence-electron chi connectivity index (χ3n) is 3.86. The summed E-state index contributed by atoms with van der Waals surface area (Å²) in [5.41, 5.74) is 4.26. The van der Waals surface area contributed by atoms with Gasteiger partial charge in [0.15, 0.2) is 0 Å². The van der Waals surface area contributed by atoms with Crippen molar-refractivity contribution in [3.05, 3.63) is 62.6 Å². The fraction of sp³-hybridized carbons (Fsp3) is 0.235. The lowest BCUT2D eigenvalue weighted by Gasteiger charge is -2.27. The first-order valence-corrected chi connectivity index (χ1v) is 8.06. The molecule has 106 valence electrons. The molecule has 2 aromatic carbocycles. The van der Waals surface area contributed by atoms with Gasteiger partial charge in [-0.2, -0.15) is 5.26 Å². The first kappa shape index (κ1) is 14.4. The van der Waals surface area contributed by atoms with E-state index in [9.17, 15) is 5.26 Å². The fourth-order valence-electron chi connectivity index (χ4n) is 2.80. The van der Waals surface area contributed by atoms with E-state index in [0.29, 0.717) is 16.6 Å². The maximum atomic E-state index is 9.19. The van der Waals surface area contributed by atoms with E-state index in [1.165, 1.54) is 11.1 Å². The lowest BCUT2D eigenvalue weighted by Crippen LogP contribution is -2.27. The number of aryl methyl sites for hydroxylation is 1. The molecule has 2 aromatic rings. The Balaban J connectivity index is 1.80. The van der Waals surface area contributed by atoms with E-state index in [1.807, 2.05) is 6.07 Å². The molecular formula is C17H14BrClN2. The lowest BCUT2D eigenvalue weighted by atomic mass is 9.88. The molecule has 0 amide bonds. The number of hydrogen-bond donors (Lipinski definition) is 1. The number of fused-ring (bicyclic) bond motifs is 1. The van der Waals surface area contributed by atoms with Crippen LogP contribution in [0.3, 0.4) is 0 Å². The molecule has 1 aliphatic carbocycles. The van der Waals surface area contributed by atoms with Crippen LogP contribution in [0.1, 0.15) is 23.1 Å². The average Bonchev–Trinajstić information content (AvgIpc) is 2.48. The molecule has 0 saturated carbocycles. The van der Waals surface area contributed by atoms with Crippen LogP contribution in [0.15, 0.2) is 40.9 Å². The zero-order chi connectivity index (χ0) is 14.8. The van der Waals surface area contributed by atoms with Gasteiger partial charge in [0.25, 0.3) is 0 Å². The van der Waals surface area contributed by atoms with Crippen molar-refractivity contribution in [2.75, 3.05) is 5.32 Å². The number of nitrogens with one attached hydrogen (secondary N) is 1. The molecule has 0 heterocycles. The van der Waals surface area contributed by atoms with Gasteiger partial charge >= 0.3 is 0 Å². The van der Waals surface area contributed by atoms with Crippen molar-refractivity contribution >= 4 is 33.2 Å². The van der Waals surface area contributed by atoms with Crippen molar-refractivity contribution < 1.29 is 0 Å². The highest BCUT2D eigenvalue weighted by Crippen LogP contribution is 2.28. The summed E-state index contributed by atoms with van der Waals surface area (Å²) in [6, 6.07) is 14.4. The van der Waals surface area contributed by atoms with Gasteiger partial charge in [-0.15, -0.1) is 0 Å². The van der Waals surface area contributed by atoms with Gasteiger partial charge in [0.2, 0.25) is 0 Å². The van der Waals surface area contributed by atoms with Crippen LogP contribution < -0.4 is 5.32 Å². The molecule has 1 N–H and O–H groups in total. The van der Waals surface area contributed by atoms with Gasteiger partial charge in [-0.1, -0.05) is 33.6 Å². The van der Waals surface area contributed by atoms with Crippen LogP contribution in [0.5, 0.6) is 0 Å². The van der Waals surface area contributed by atoms with E-state index in [-0.39, 0.29) is 0 Å². The number of nitrogens with zero attached hydrogens (tertiary/aromatic N) is 1. The number of rotatable bonds is 2. The number of hydrogen-bond acceptors (Lipinski definition) is 2. The van der Waals surface area contributed by atoms with E-state index >= 15 is 0 Å². The highest BCUT2D eigenvalue weighted by atomic mass is 79.9. The maximum Gasteiger partial charge on any atom is 0.101 e. The molecule has 1 aliphatic rings. The smallest absolute Gasteiger partial charge is 0.101 e. The minimum Gasteiger partial charge on any atom is -0.381 e. The Morgan fingerprint density at radius 3 is 2.86 bits per heavy atom. The number of anilines is 1. The molecule has 4 heteroatoms. The summed E-state index contributed by atoms with van der Waals surface area (Å²) in [5, 5.41) is 13.3. The standard InChI is InChI=1S/C17H14BrClN2/c18-14-4-1-12-8-16(6-3-11(12)7-14)21-17-9-15(19)5-2-13(17)10-20/h1-2,4-5,7,9,16,21H,3,6,8H2. The predicted octanol–water partition coefficient (Wildman–Crippen LogP) is 4.94. The molecule has 0 saturated heterocycles. The van der Waals surface area contributed by atoms with E-state index in [4.69, 9.17) is 11.6 Å². The molecule has 0 aliphatic heterocycles. The molecule has 0 fully saturated rings. The summed E-state index contributed by atoms with van der Waals surface area (Å²) in [4.78, 5) is 0. The Morgan fingerprint density at radius 2 is 2.05 bits per heavy atom. The second-order valence-electron chi connectivity index (χ2n) is 5.30. The van der Waals surface area contributed by atoms with Crippen LogP contribution in [0.2, 0.25) is 5.02 Å². The molecule has 0 aromatic heterocycles. The quantitative estimate of drug-likeness (QED) is 0.822. The maximum absolute atomic E-state index is 9.19. The summed E-state index contributed by atoms with van der Waals surface area (Å²) in [6.45, 7) is 0. The Kier molecular flexibility index (Phi) is 4.19. The highest BCUT2D eigenvalue weighted by Gasteiger charge is 2.19. The van der Waals surface area contributed by atoms with Gasteiger partial charge in [-0.05, 0) is 60.7 Å². The van der Waals surface area contributed by atoms with E-state index in [2.05, 4.69) is 45.5 Å². The normalized spacial score (nSPS) is 16.9. The van der Waals surface area contributed by atoms with Gasteiger partial charge in [0, 0.05) is 15.5 Å². The zero-order valence-electron chi connectivity index (χ0n) is 11.4. The topological polar surface area (TPSA) is 35.8 Å². The van der Waals surface area contributed by atoms with Crippen molar-refractivity contribution in [1.29, 1.82) is 5.26 Å². The molecule has 3 rings (SSSR count). The molecule has 21 heavy (non-hydrogen) atoms. The van der Waals surface area contributed by atoms with E-state index < -0.39 is 0 Å². The SMILES string of the molecule is N#Cc1ccc(Cl)cc1NC1CCc2cc(Br)ccc2C1. The minimum absolute atomic E-state index is 0.337. The van der Waals surface area contributed by atoms with Gasteiger partial charge in [-0.3, -0.25) is 0 Å². The Hall–Kier alpha value is -1.50. The van der Waals surface area contributed by atoms with Crippen molar-refractivity contribution in [3.8, 4) is 6.07 Å². The van der Waals surface area contributed by atoms with Crippen LogP contribution >= 0.6 is 27.5 Å². The van der Waals surface area contributed by atoms with Crippen LogP contribution in [-0.2, 0) is 12.8 Å². The Labute approximate surface area is 137 Å². The number of benzene rings is 2. The molecule has 2 nitrogen and oxygen atoms in total. The first-order chi connectivity index (χ1) is 10.2. The summed E-state index contributed by atoms with van der Waals surface area (Å²) in [6.07, 6.45) is 3.08. The summed E-state index contributed by atoms with van der Waals surface area (Å²) >= 11 is 9.56. The Bertz CT molecular complexity index is 721. The van der Waals surface area contributed by atoms with Gasteiger partial charge in [0.1, 0.15) is 6.07 Å². The van der Waals surface area contributed by atoms with E-state index in [1.54, 1.807) is 12.1 Å². The molecule has 0 bridgehead atoms. The molecule has 0 radical (unpaired) electrons. The van der Waals surface area contributed by atoms with E-state index in [0.717, 1.165) is 29.4 Å². The van der Waals surface area contributed by atoms with Crippen molar-refractivity contribution in [2.24, 2.45) is 0 Å². The van der Waals surface area contributed by atoms with Crippen molar-refractivity contribution in [3.63, 3.8) is 0 Å². The monoisotopic (exact) mass is 360 g/mol. The van der Waals surface area contributed by atoms with Gasteiger partial charge in [-0.25, -0.2) is 0 Å². The van der Waals surface area contributed by atoms with Crippen LogP contribution in [0.4, 0.5) is 5.69 Å². The summed E-state index contributed by atoms with van der Waals surface area (Å²) in [5.74, 6) is 0. The molecule has 1 unspecified atom stereocenters. The summed E-state index contributed by atoms with van der Waals surface area (Å²) < 4.78 is 1.13. The largest absolute Gasteiger partial charge is 0.381 e. The highest BCUT2D eigenvalue weighted by molar-refractivity contribution is 9.10. The van der Waals surface area contributed by atoms with Crippen molar-refractivity contribution in [1.82, 2.24) is 0 Å². The number of nitriles is 1. The fourth-order valence-corrected chi connectivity index (χ4v) is 3.38. The van der Waals surface area contributed by atoms with Crippen LogP contribution in [0, 0.1) is 11.3 Å². The second-order valence-corrected chi connectivity index (χ2v) is 6.65. The molecule has 1 atom stereocenters. The van der Waals surface area contributed by atoms with Crippen molar-refractivity contribution in [2.45, 2.75) is 25.3 Å². The van der Waals surface area contributed by atoms with Crippen LogP contribution in [0.25, 0.3) is 0 Å². The lowest BCUT2D eigenvalue weighted by molar-refractivity contribution is 0.610. The predicted molar refractivity (Wildman–Crippen MR) is 89.7 cm³/mol. The van der Waals surface area contributed by atoms with Crippen LogP contribution in [-0.4, -0.2) is 6.04 Å². The second kappa shape index (κ2) is 6.09. The molecule has 0 spiro atoms. The number of halogens is 2. The van der Waals surface area contributed by atoms with Gasteiger partial charge < -0.3 is 5.32 Å². The van der Waals surface area contributed by atoms with Gasteiger partial charge in [0.05, 0.1) is 11.3 Å². The summed E-state index contributed by atoms with van der Waals surface area (Å²) in [7, 11) is 0. The Morgan fingerprint density at radius 1 is 1.19 bits per heavy atom. The third-order valence-corrected chi connectivity index (χ3v) is 4.59. The zero-order valence-corrected chi connectivity index (χ0v) is 13.7. The molecular weight excluding hydrogens is 348 g/mol. The third kappa shape index (κ3) is 3.23. The minimum atomic E-state index is 0.337. The first-order valence-electron chi connectivity index (χ1n) is 6.89.